The quantitative estimate of drug-likeness (QED) is 0.744. The molecule has 0 aromatic heterocycles. The van der Waals surface area contributed by atoms with E-state index in [4.69, 9.17) is 5.73 Å². The zero-order valence-corrected chi connectivity index (χ0v) is 8.92. The highest BCUT2D eigenvalue weighted by Gasteiger charge is 2.21. The Morgan fingerprint density at radius 2 is 1.79 bits per heavy atom. The lowest BCUT2D eigenvalue weighted by Gasteiger charge is -2.32. The standard InChI is InChI=1S/C11H17FN2/c1-11(13,14(2)3)8-9-4-6-10(12)7-5-9/h4-7H,8,13H2,1-3H3. The number of likely N-dealkylation sites (N-methyl/N-ethyl adjacent to an activating group) is 1. The highest BCUT2D eigenvalue weighted by Crippen LogP contribution is 2.13. The molecule has 2 N–H and O–H groups in total. The third-order valence-corrected chi connectivity index (χ3v) is 2.50. The molecule has 1 rings (SSSR count). The number of hydrogen-bond acceptors (Lipinski definition) is 2. The monoisotopic (exact) mass is 196 g/mol. The summed E-state index contributed by atoms with van der Waals surface area (Å²) >= 11 is 0. The minimum absolute atomic E-state index is 0.211. The molecule has 1 unspecified atom stereocenters. The summed E-state index contributed by atoms with van der Waals surface area (Å²) < 4.78 is 12.6. The van der Waals surface area contributed by atoms with E-state index >= 15 is 0 Å². The summed E-state index contributed by atoms with van der Waals surface area (Å²) in [6.07, 6.45) is 0.709. The lowest BCUT2D eigenvalue weighted by atomic mass is 10.0. The third kappa shape index (κ3) is 2.79. The Morgan fingerprint density at radius 1 is 1.29 bits per heavy atom. The fraction of sp³-hybridized carbons (Fsp3) is 0.455. The summed E-state index contributed by atoms with van der Waals surface area (Å²) in [6, 6.07) is 6.45. The molecule has 1 aromatic rings. The number of halogens is 1. The summed E-state index contributed by atoms with van der Waals surface area (Å²) in [5.74, 6) is -0.211. The number of hydrogen-bond donors (Lipinski definition) is 1. The van der Waals surface area contributed by atoms with Gasteiger partial charge in [0.05, 0.1) is 5.66 Å². The number of benzene rings is 1. The Labute approximate surface area is 84.5 Å². The van der Waals surface area contributed by atoms with Crippen molar-refractivity contribution in [3.63, 3.8) is 0 Å². The normalized spacial score (nSPS) is 15.6. The molecule has 0 bridgehead atoms. The number of rotatable bonds is 3. The van der Waals surface area contributed by atoms with Crippen LogP contribution < -0.4 is 5.73 Å². The first-order chi connectivity index (χ1) is 6.42. The van der Waals surface area contributed by atoms with E-state index in [1.54, 1.807) is 12.1 Å². The molecule has 3 heteroatoms. The molecule has 0 fully saturated rings. The molecular weight excluding hydrogens is 179 g/mol. The van der Waals surface area contributed by atoms with Crippen molar-refractivity contribution in [1.29, 1.82) is 0 Å². The van der Waals surface area contributed by atoms with Crippen LogP contribution in [-0.4, -0.2) is 24.7 Å². The van der Waals surface area contributed by atoms with E-state index in [0.717, 1.165) is 5.56 Å². The predicted octanol–water partition coefficient (Wildman–Crippen LogP) is 1.60. The lowest BCUT2D eigenvalue weighted by Crippen LogP contribution is -2.51. The first-order valence-corrected chi connectivity index (χ1v) is 4.62. The first-order valence-electron chi connectivity index (χ1n) is 4.62. The van der Waals surface area contributed by atoms with E-state index < -0.39 is 5.66 Å². The van der Waals surface area contributed by atoms with Crippen molar-refractivity contribution in [3.05, 3.63) is 35.6 Å². The molecule has 0 heterocycles. The SMILES string of the molecule is CN(C)C(C)(N)Cc1ccc(F)cc1. The maximum absolute atomic E-state index is 12.6. The topological polar surface area (TPSA) is 29.3 Å². The van der Waals surface area contributed by atoms with Crippen molar-refractivity contribution in [2.24, 2.45) is 5.73 Å². The summed E-state index contributed by atoms with van der Waals surface area (Å²) in [5.41, 5.74) is 6.72. The van der Waals surface area contributed by atoms with E-state index in [0.29, 0.717) is 6.42 Å². The van der Waals surface area contributed by atoms with E-state index in [1.165, 1.54) is 12.1 Å². The molecule has 0 saturated carbocycles. The van der Waals surface area contributed by atoms with E-state index in [-0.39, 0.29) is 5.82 Å². The fourth-order valence-corrected chi connectivity index (χ4v) is 1.17. The molecule has 78 valence electrons. The summed E-state index contributed by atoms with van der Waals surface area (Å²) in [5, 5.41) is 0. The Bertz CT molecular complexity index is 291. The smallest absolute Gasteiger partial charge is 0.123 e. The zero-order valence-electron chi connectivity index (χ0n) is 8.92. The highest BCUT2D eigenvalue weighted by molar-refractivity contribution is 5.18. The first kappa shape index (κ1) is 11.1. The molecular formula is C11H17FN2. The van der Waals surface area contributed by atoms with Crippen molar-refractivity contribution in [2.75, 3.05) is 14.1 Å². The van der Waals surface area contributed by atoms with Crippen LogP contribution in [0.4, 0.5) is 4.39 Å². The van der Waals surface area contributed by atoms with Gasteiger partial charge in [-0.05, 0) is 38.7 Å². The van der Waals surface area contributed by atoms with Crippen molar-refractivity contribution in [2.45, 2.75) is 19.0 Å². The molecule has 0 spiro atoms. The van der Waals surface area contributed by atoms with E-state index in [1.807, 2.05) is 25.9 Å². The van der Waals surface area contributed by atoms with E-state index in [9.17, 15) is 4.39 Å². The van der Waals surface area contributed by atoms with Crippen LogP contribution in [-0.2, 0) is 6.42 Å². The predicted molar refractivity (Wildman–Crippen MR) is 56.4 cm³/mol. The third-order valence-electron chi connectivity index (χ3n) is 2.50. The highest BCUT2D eigenvalue weighted by atomic mass is 19.1. The maximum atomic E-state index is 12.6. The van der Waals surface area contributed by atoms with Gasteiger partial charge in [0.2, 0.25) is 0 Å². The van der Waals surface area contributed by atoms with Gasteiger partial charge in [-0.25, -0.2) is 4.39 Å². The van der Waals surface area contributed by atoms with Crippen molar-refractivity contribution in [3.8, 4) is 0 Å². The molecule has 0 radical (unpaired) electrons. The number of nitrogens with two attached hydrogens (primary N) is 1. The molecule has 1 atom stereocenters. The van der Waals surface area contributed by atoms with Gasteiger partial charge in [0, 0.05) is 6.42 Å². The van der Waals surface area contributed by atoms with Crippen LogP contribution in [0.1, 0.15) is 12.5 Å². The average Bonchev–Trinajstić information content (AvgIpc) is 2.08. The van der Waals surface area contributed by atoms with Gasteiger partial charge in [0.1, 0.15) is 5.82 Å². The van der Waals surface area contributed by atoms with E-state index in [2.05, 4.69) is 0 Å². The lowest BCUT2D eigenvalue weighted by molar-refractivity contribution is 0.180. The summed E-state index contributed by atoms with van der Waals surface area (Å²) in [7, 11) is 3.87. The molecule has 2 nitrogen and oxygen atoms in total. The van der Waals surface area contributed by atoms with Crippen LogP contribution in [0.15, 0.2) is 24.3 Å². The van der Waals surface area contributed by atoms with Gasteiger partial charge in [-0.1, -0.05) is 12.1 Å². The molecule has 0 amide bonds. The van der Waals surface area contributed by atoms with Crippen LogP contribution >= 0.6 is 0 Å². The summed E-state index contributed by atoms with van der Waals surface area (Å²) in [4.78, 5) is 1.95. The Balaban J connectivity index is 2.74. The summed E-state index contributed by atoms with van der Waals surface area (Å²) in [6.45, 7) is 1.95. The van der Waals surface area contributed by atoms with Gasteiger partial charge >= 0.3 is 0 Å². The minimum Gasteiger partial charge on any atom is -0.313 e. The zero-order chi connectivity index (χ0) is 10.8. The second-order valence-electron chi connectivity index (χ2n) is 4.05. The fourth-order valence-electron chi connectivity index (χ4n) is 1.17. The molecule has 14 heavy (non-hydrogen) atoms. The van der Waals surface area contributed by atoms with Gasteiger partial charge in [-0.3, -0.25) is 4.90 Å². The number of nitrogens with zero attached hydrogens (tertiary/aromatic N) is 1. The average molecular weight is 196 g/mol. The van der Waals surface area contributed by atoms with Crippen molar-refractivity contribution >= 4 is 0 Å². The van der Waals surface area contributed by atoms with Crippen LogP contribution in [0.2, 0.25) is 0 Å². The van der Waals surface area contributed by atoms with Crippen LogP contribution in [0, 0.1) is 5.82 Å². The van der Waals surface area contributed by atoms with Crippen LogP contribution in [0.3, 0.4) is 0 Å². The minimum atomic E-state index is -0.391. The second kappa shape index (κ2) is 4.07. The molecule has 0 aliphatic rings. The van der Waals surface area contributed by atoms with Crippen molar-refractivity contribution < 1.29 is 4.39 Å². The Morgan fingerprint density at radius 3 is 2.21 bits per heavy atom. The second-order valence-corrected chi connectivity index (χ2v) is 4.05. The molecule has 0 saturated heterocycles. The Hall–Kier alpha value is -0.930. The van der Waals surface area contributed by atoms with Gasteiger partial charge < -0.3 is 5.73 Å². The molecule has 0 aliphatic carbocycles. The maximum Gasteiger partial charge on any atom is 0.123 e. The van der Waals surface area contributed by atoms with Crippen LogP contribution in [0.5, 0.6) is 0 Å². The van der Waals surface area contributed by atoms with Crippen molar-refractivity contribution in [1.82, 2.24) is 4.90 Å². The van der Waals surface area contributed by atoms with Crippen LogP contribution in [0.25, 0.3) is 0 Å². The van der Waals surface area contributed by atoms with Gasteiger partial charge in [0.25, 0.3) is 0 Å². The Kier molecular flexibility index (Phi) is 3.24. The van der Waals surface area contributed by atoms with Gasteiger partial charge in [0.15, 0.2) is 0 Å². The van der Waals surface area contributed by atoms with Gasteiger partial charge in [-0.2, -0.15) is 0 Å². The molecule has 1 aromatic carbocycles. The van der Waals surface area contributed by atoms with Gasteiger partial charge in [-0.15, -0.1) is 0 Å². The largest absolute Gasteiger partial charge is 0.313 e. The molecule has 0 aliphatic heterocycles.